The second-order valence-corrected chi connectivity index (χ2v) is 9.80. The van der Waals surface area contributed by atoms with Gasteiger partial charge in [0.25, 0.3) is 5.91 Å². The van der Waals surface area contributed by atoms with E-state index >= 15 is 0 Å². The smallest absolute Gasteiger partial charge is 0.253 e. The molecule has 0 aliphatic carbocycles. The van der Waals surface area contributed by atoms with Gasteiger partial charge in [0.1, 0.15) is 11.0 Å². The van der Waals surface area contributed by atoms with Crippen molar-refractivity contribution in [1.29, 1.82) is 0 Å². The third-order valence-corrected chi connectivity index (χ3v) is 6.90. The first-order valence-electron chi connectivity index (χ1n) is 12.1. The first-order valence-corrected chi connectivity index (χ1v) is 13.4. The molecular weight excluding hydrogens is 520 g/mol. The molecule has 9 heteroatoms. The number of aromatic nitrogens is 2. The van der Waals surface area contributed by atoms with Crippen LogP contribution >= 0.6 is 23.4 Å². The molecule has 1 aromatic heterocycles. The van der Waals surface area contributed by atoms with E-state index in [4.69, 9.17) is 21.1 Å². The zero-order chi connectivity index (χ0) is 27.5. The van der Waals surface area contributed by atoms with E-state index in [2.05, 4.69) is 23.1 Å². The van der Waals surface area contributed by atoms with Gasteiger partial charge in [0.2, 0.25) is 0 Å². The van der Waals surface area contributed by atoms with Gasteiger partial charge in [-0.05, 0) is 41.8 Å². The van der Waals surface area contributed by atoms with Crippen LogP contribution in [-0.4, -0.2) is 61.7 Å². The summed E-state index contributed by atoms with van der Waals surface area (Å²) in [5.74, 6) is 2.70. The van der Waals surface area contributed by atoms with Crippen molar-refractivity contribution >= 4 is 35.1 Å². The first kappa shape index (κ1) is 29.1. The summed E-state index contributed by atoms with van der Waals surface area (Å²) in [7, 11) is 5.03. The quantitative estimate of drug-likeness (QED) is 0.106. The summed E-state index contributed by atoms with van der Waals surface area (Å²) in [6, 6.07) is 15.1. The third-order valence-electron chi connectivity index (χ3n) is 5.78. The fraction of sp³-hybridized carbons (Fsp3) is 0.276. The van der Waals surface area contributed by atoms with Crippen LogP contribution in [0.2, 0.25) is 5.15 Å². The number of carbonyl (C=O) groups excluding carboxylic acids is 1. The highest BCUT2D eigenvalue weighted by Crippen LogP contribution is 2.28. The lowest BCUT2D eigenvalue weighted by atomic mass is 10.1. The number of ether oxygens (including phenoxy) is 2. The lowest BCUT2D eigenvalue weighted by Gasteiger charge is -2.20. The number of hydrogen-bond acceptors (Lipinski definition) is 7. The first-order chi connectivity index (χ1) is 18.4. The van der Waals surface area contributed by atoms with Gasteiger partial charge < -0.3 is 19.3 Å². The van der Waals surface area contributed by atoms with Crippen LogP contribution in [-0.2, 0) is 12.2 Å². The molecule has 0 aliphatic heterocycles. The van der Waals surface area contributed by atoms with Gasteiger partial charge in [-0.3, -0.25) is 4.79 Å². The monoisotopic (exact) mass is 552 g/mol. The molecule has 200 valence electrons. The van der Waals surface area contributed by atoms with Crippen molar-refractivity contribution in [1.82, 2.24) is 14.9 Å². The Morgan fingerprint density at radius 3 is 2.26 bits per heavy atom. The van der Waals surface area contributed by atoms with Crippen LogP contribution < -0.4 is 14.4 Å². The van der Waals surface area contributed by atoms with Crippen molar-refractivity contribution in [2.75, 3.05) is 45.8 Å². The van der Waals surface area contributed by atoms with Gasteiger partial charge in [-0.1, -0.05) is 53.7 Å². The number of carbonyl (C=O) groups is 1. The van der Waals surface area contributed by atoms with Crippen molar-refractivity contribution in [3.8, 4) is 11.5 Å². The van der Waals surface area contributed by atoms with E-state index in [1.165, 1.54) is 11.8 Å². The largest absolute Gasteiger partial charge is 0.493 e. The predicted octanol–water partition coefficient (Wildman–Crippen LogP) is 5.93. The van der Waals surface area contributed by atoms with Crippen molar-refractivity contribution < 1.29 is 14.3 Å². The fourth-order valence-electron chi connectivity index (χ4n) is 3.73. The summed E-state index contributed by atoms with van der Waals surface area (Å²) < 4.78 is 10.7. The Bertz CT molecular complexity index is 1240. The molecule has 0 aliphatic rings. The number of likely N-dealkylation sites (N-methyl/N-ethyl adjacent to an activating group) is 1. The number of anilines is 1. The molecule has 0 saturated heterocycles. The maximum absolute atomic E-state index is 12.9. The van der Waals surface area contributed by atoms with Gasteiger partial charge in [0.15, 0.2) is 16.7 Å². The van der Waals surface area contributed by atoms with Crippen LogP contribution in [0, 0.1) is 0 Å². The summed E-state index contributed by atoms with van der Waals surface area (Å²) in [4.78, 5) is 25.7. The average Bonchev–Trinajstić information content (AvgIpc) is 2.94. The molecule has 0 N–H and O–H groups in total. The minimum absolute atomic E-state index is 0.0305. The number of hydrogen-bond donors (Lipinski definition) is 0. The van der Waals surface area contributed by atoms with Gasteiger partial charge in [-0.25, -0.2) is 9.97 Å². The molecule has 0 unspecified atom stereocenters. The maximum Gasteiger partial charge on any atom is 0.253 e. The number of nitrogens with zero attached hydrogens (tertiary/aromatic N) is 4. The molecule has 7 nitrogen and oxygen atoms in total. The number of benzene rings is 2. The van der Waals surface area contributed by atoms with Crippen molar-refractivity contribution in [3.63, 3.8) is 0 Å². The van der Waals surface area contributed by atoms with Crippen LogP contribution in [0.1, 0.15) is 21.5 Å². The van der Waals surface area contributed by atoms with Gasteiger partial charge in [0.05, 0.1) is 14.2 Å². The topological polar surface area (TPSA) is 67.8 Å². The lowest BCUT2D eigenvalue weighted by molar-refractivity contribution is 0.0796. The van der Waals surface area contributed by atoms with Crippen LogP contribution in [0.15, 0.2) is 79.0 Å². The van der Waals surface area contributed by atoms with E-state index in [9.17, 15) is 4.79 Å². The second kappa shape index (κ2) is 14.4. The summed E-state index contributed by atoms with van der Waals surface area (Å²) in [5.41, 5.74) is 2.76. The molecule has 3 aromatic rings. The van der Waals surface area contributed by atoms with Gasteiger partial charge in [-0.15, -0.1) is 13.2 Å². The number of methoxy groups -OCH3 is 2. The zero-order valence-corrected chi connectivity index (χ0v) is 23.6. The number of halogens is 1. The van der Waals surface area contributed by atoms with E-state index in [0.717, 1.165) is 16.9 Å². The van der Waals surface area contributed by atoms with E-state index in [1.54, 1.807) is 25.2 Å². The normalized spacial score (nSPS) is 10.5. The predicted molar refractivity (Wildman–Crippen MR) is 156 cm³/mol. The SMILES string of the molecule is C=CCN(CC=C)c1cc(Cl)nc(SCc2ccc(C(=O)N(C)CCc3ccc(OC)c(OC)c3)cc2)n1. The Balaban J connectivity index is 1.58. The maximum atomic E-state index is 12.9. The Hall–Kier alpha value is -3.49. The Morgan fingerprint density at radius 2 is 1.63 bits per heavy atom. The Labute approximate surface area is 234 Å². The van der Waals surface area contributed by atoms with E-state index in [-0.39, 0.29) is 5.91 Å². The van der Waals surface area contributed by atoms with Gasteiger partial charge in [-0.2, -0.15) is 0 Å². The molecule has 38 heavy (non-hydrogen) atoms. The number of rotatable bonds is 14. The lowest BCUT2D eigenvalue weighted by Crippen LogP contribution is -2.28. The molecular formula is C29H33ClN4O3S. The van der Waals surface area contributed by atoms with E-state index < -0.39 is 0 Å². The molecule has 0 saturated carbocycles. The zero-order valence-electron chi connectivity index (χ0n) is 22.0. The number of amides is 1. The van der Waals surface area contributed by atoms with Gasteiger partial charge >= 0.3 is 0 Å². The Morgan fingerprint density at radius 1 is 0.974 bits per heavy atom. The highest BCUT2D eigenvalue weighted by atomic mass is 35.5. The van der Waals surface area contributed by atoms with Crippen LogP contribution in [0.4, 0.5) is 5.82 Å². The summed E-state index contributed by atoms with van der Waals surface area (Å²) in [6.45, 7) is 9.44. The number of thioether (sulfide) groups is 1. The minimum Gasteiger partial charge on any atom is -0.493 e. The highest BCUT2D eigenvalue weighted by molar-refractivity contribution is 7.98. The molecule has 0 spiro atoms. The minimum atomic E-state index is -0.0305. The van der Waals surface area contributed by atoms with E-state index in [0.29, 0.717) is 59.2 Å². The summed E-state index contributed by atoms with van der Waals surface area (Å²) in [6.07, 6.45) is 4.32. The second-order valence-electron chi connectivity index (χ2n) is 8.47. The van der Waals surface area contributed by atoms with Crippen LogP contribution in [0.25, 0.3) is 0 Å². The molecule has 3 rings (SSSR count). The molecule has 0 radical (unpaired) electrons. The molecule has 2 aromatic carbocycles. The molecule has 0 atom stereocenters. The van der Waals surface area contributed by atoms with Gasteiger partial charge in [0, 0.05) is 44.1 Å². The van der Waals surface area contributed by atoms with Crippen LogP contribution in [0.5, 0.6) is 11.5 Å². The molecule has 1 heterocycles. The highest BCUT2D eigenvalue weighted by Gasteiger charge is 2.14. The van der Waals surface area contributed by atoms with E-state index in [1.807, 2.05) is 66.6 Å². The molecule has 0 fully saturated rings. The summed E-state index contributed by atoms with van der Waals surface area (Å²) >= 11 is 7.75. The van der Waals surface area contributed by atoms with Crippen molar-refractivity contribution in [3.05, 3.63) is 95.7 Å². The Kier molecular flexibility index (Phi) is 11.1. The van der Waals surface area contributed by atoms with Crippen LogP contribution in [0.3, 0.4) is 0 Å². The van der Waals surface area contributed by atoms with Crippen molar-refractivity contribution in [2.45, 2.75) is 17.3 Å². The summed E-state index contributed by atoms with van der Waals surface area (Å²) in [5, 5.41) is 0.966. The average molecular weight is 553 g/mol. The standard InChI is InChI=1S/C29H33ClN4O3S/c1-6-15-34(16-7-2)27-19-26(30)31-29(32-27)38-20-22-8-11-23(12-9-22)28(35)33(3)17-14-21-10-13-24(36-4)25(18-21)37-5/h6-13,18-19H,1-2,14-17,20H2,3-5H3. The fourth-order valence-corrected chi connectivity index (χ4v) is 4.77. The van der Waals surface area contributed by atoms with Crippen molar-refractivity contribution in [2.24, 2.45) is 0 Å². The molecule has 0 bridgehead atoms. The molecule has 1 amide bonds. The third kappa shape index (κ3) is 8.00.